The molecule has 36 heavy (non-hydrogen) atoms. The molecule has 0 bridgehead atoms. The highest BCUT2D eigenvalue weighted by Gasteiger charge is 2.44. The van der Waals surface area contributed by atoms with Gasteiger partial charge in [-0.15, -0.1) is 0 Å². The summed E-state index contributed by atoms with van der Waals surface area (Å²) in [6.45, 7) is 4.51. The summed E-state index contributed by atoms with van der Waals surface area (Å²) < 4.78 is 11.9. The van der Waals surface area contributed by atoms with Crippen LogP contribution in [0, 0.1) is 0 Å². The zero-order valence-electron chi connectivity index (χ0n) is 20.9. The lowest BCUT2D eigenvalue weighted by Crippen LogP contribution is -2.40. The minimum Gasteiger partial charge on any atom is -0.458 e. The first-order chi connectivity index (χ1) is 17.4. The highest BCUT2D eigenvalue weighted by atomic mass is 35.5. The van der Waals surface area contributed by atoms with E-state index in [2.05, 4.69) is 50.2 Å². The Bertz CT molecular complexity index is 1300. The molecular weight excluding hydrogens is 468 g/mol. The number of benzene rings is 4. The molecule has 0 amide bonds. The van der Waals surface area contributed by atoms with Crippen LogP contribution in [0.25, 0.3) is 0 Å². The molecule has 0 aliphatic heterocycles. The molecule has 4 aromatic carbocycles. The van der Waals surface area contributed by atoms with Crippen LogP contribution < -0.4 is 0 Å². The second kappa shape index (κ2) is 11.1. The Balaban J connectivity index is 1.71. The van der Waals surface area contributed by atoms with Gasteiger partial charge in [-0.25, -0.2) is 4.79 Å². The normalized spacial score (nSPS) is 13.1. The molecule has 0 saturated carbocycles. The summed E-state index contributed by atoms with van der Waals surface area (Å²) in [5, 5.41) is 0.554. The average molecular weight is 499 g/mol. The van der Waals surface area contributed by atoms with E-state index < -0.39 is 11.6 Å². The lowest BCUT2D eigenvalue weighted by atomic mass is 9.78. The second-order valence-electron chi connectivity index (χ2n) is 9.55. The Morgan fingerprint density at radius 1 is 0.750 bits per heavy atom. The van der Waals surface area contributed by atoms with Crippen LogP contribution in [0.2, 0.25) is 5.02 Å². The molecule has 0 aromatic heterocycles. The maximum atomic E-state index is 13.8. The van der Waals surface area contributed by atoms with Crippen LogP contribution >= 0.6 is 11.6 Å². The van der Waals surface area contributed by atoms with Gasteiger partial charge < -0.3 is 9.47 Å². The minimum absolute atomic E-state index is 0.0528. The molecule has 0 spiro atoms. The highest BCUT2D eigenvalue weighted by Crippen LogP contribution is 2.37. The molecular formula is C32H31ClO3. The van der Waals surface area contributed by atoms with Crippen LogP contribution in [0.4, 0.5) is 0 Å². The molecule has 4 aromatic rings. The second-order valence-corrected chi connectivity index (χ2v) is 9.95. The van der Waals surface area contributed by atoms with Crippen molar-refractivity contribution in [2.45, 2.75) is 37.9 Å². The van der Waals surface area contributed by atoms with Crippen molar-refractivity contribution in [1.29, 1.82) is 0 Å². The third kappa shape index (κ3) is 5.38. The van der Waals surface area contributed by atoms with Gasteiger partial charge in [0, 0.05) is 17.7 Å². The summed E-state index contributed by atoms with van der Waals surface area (Å²) in [5.74, 6) is -0.490. The van der Waals surface area contributed by atoms with Crippen molar-refractivity contribution >= 4 is 17.6 Å². The van der Waals surface area contributed by atoms with Gasteiger partial charge in [0.1, 0.15) is 6.61 Å². The summed E-state index contributed by atoms with van der Waals surface area (Å²) in [6, 6.07) is 35.3. The number of rotatable bonds is 9. The molecule has 4 rings (SSSR count). The van der Waals surface area contributed by atoms with Crippen LogP contribution in [0.15, 0.2) is 109 Å². The molecule has 1 atom stereocenters. The average Bonchev–Trinajstić information content (AvgIpc) is 2.90. The number of methoxy groups -OCH3 is 1. The van der Waals surface area contributed by atoms with Crippen molar-refractivity contribution in [3.63, 3.8) is 0 Å². The molecule has 0 heterocycles. The minimum atomic E-state index is -1.42. The molecule has 3 nitrogen and oxygen atoms in total. The number of carbonyl (C=O) groups is 1. The van der Waals surface area contributed by atoms with Crippen molar-refractivity contribution < 1.29 is 14.3 Å². The quantitative estimate of drug-likeness (QED) is 0.224. The maximum Gasteiger partial charge on any atom is 0.348 e. The number of ether oxygens (including phenoxy) is 2. The number of carbonyl (C=O) groups excluding carboxylic acids is 1. The molecule has 0 N–H and O–H groups in total. The number of halogens is 1. The molecule has 1 unspecified atom stereocenters. The van der Waals surface area contributed by atoms with Gasteiger partial charge in [-0.1, -0.05) is 129 Å². The molecule has 0 aliphatic carbocycles. The summed E-state index contributed by atoms with van der Waals surface area (Å²) in [6.07, 6.45) is 0.800. The third-order valence-corrected chi connectivity index (χ3v) is 6.99. The molecule has 4 heteroatoms. The Morgan fingerprint density at radius 2 is 1.33 bits per heavy atom. The van der Waals surface area contributed by atoms with Crippen LogP contribution in [0.5, 0.6) is 0 Å². The van der Waals surface area contributed by atoms with E-state index in [0.29, 0.717) is 10.6 Å². The third-order valence-electron chi connectivity index (χ3n) is 6.63. The summed E-state index contributed by atoms with van der Waals surface area (Å²) in [7, 11) is 1.55. The number of hydrogen-bond acceptors (Lipinski definition) is 3. The van der Waals surface area contributed by atoms with Gasteiger partial charge in [-0.3, -0.25) is 0 Å². The van der Waals surface area contributed by atoms with Crippen molar-refractivity contribution in [2.75, 3.05) is 7.11 Å². The maximum absolute atomic E-state index is 13.8. The van der Waals surface area contributed by atoms with E-state index in [9.17, 15) is 4.79 Å². The topological polar surface area (TPSA) is 35.5 Å². The molecule has 184 valence electrons. The van der Waals surface area contributed by atoms with Gasteiger partial charge in [-0.05, 0) is 40.2 Å². The first-order valence-corrected chi connectivity index (χ1v) is 12.4. The van der Waals surface area contributed by atoms with E-state index >= 15 is 0 Å². The van der Waals surface area contributed by atoms with E-state index in [-0.39, 0.29) is 12.0 Å². The molecule has 0 saturated heterocycles. The zero-order chi connectivity index (χ0) is 25.6. The Kier molecular flexibility index (Phi) is 7.93. The largest absolute Gasteiger partial charge is 0.458 e. The van der Waals surface area contributed by atoms with Crippen LogP contribution in [-0.2, 0) is 38.3 Å². The lowest BCUT2D eigenvalue weighted by Gasteiger charge is -2.32. The van der Waals surface area contributed by atoms with Crippen molar-refractivity contribution in [3.05, 3.63) is 142 Å². The smallest absolute Gasteiger partial charge is 0.348 e. The molecule has 0 radical (unpaired) electrons. The fourth-order valence-electron chi connectivity index (χ4n) is 4.66. The highest BCUT2D eigenvalue weighted by molar-refractivity contribution is 6.31. The first-order valence-electron chi connectivity index (χ1n) is 12.0. The zero-order valence-corrected chi connectivity index (χ0v) is 21.7. The van der Waals surface area contributed by atoms with Crippen molar-refractivity contribution in [3.8, 4) is 0 Å². The fourth-order valence-corrected chi connectivity index (χ4v) is 4.85. The predicted molar refractivity (Wildman–Crippen MR) is 145 cm³/mol. The van der Waals surface area contributed by atoms with Gasteiger partial charge in [-0.2, -0.15) is 0 Å². The molecule has 0 fully saturated rings. The first kappa shape index (κ1) is 25.7. The number of hydrogen-bond donors (Lipinski definition) is 0. The monoisotopic (exact) mass is 498 g/mol. The summed E-state index contributed by atoms with van der Waals surface area (Å²) >= 11 is 6.30. The standard InChI is InChI=1S/C32H31ClO3/c1-31(2,26-15-6-4-7-16-26)22-24-13-12-19-28(21-24)32(35-3,27-17-8-5-9-18-27)30(34)36-23-25-14-10-11-20-29(25)33/h4-21H,22-23H2,1-3H3. The van der Waals surface area contributed by atoms with E-state index in [0.717, 1.165) is 23.1 Å². The Hall–Kier alpha value is -3.40. The Labute approximate surface area is 218 Å². The van der Waals surface area contributed by atoms with Crippen molar-refractivity contribution in [1.82, 2.24) is 0 Å². The number of esters is 1. The summed E-state index contributed by atoms with van der Waals surface area (Å²) in [5.41, 5.74) is 3.03. The van der Waals surface area contributed by atoms with Gasteiger partial charge in [0.2, 0.25) is 5.60 Å². The molecule has 0 aliphatic rings. The summed E-state index contributed by atoms with van der Waals surface area (Å²) in [4.78, 5) is 13.8. The fraction of sp³-hybridized carbons (Fsp3) is 0.219. The van der Waals surface area contributed by atoms with E-state index in [4.69, 9.17) is 21.1 Å². The van der Waals surface area contributed by atoms with Gasteiger partial charge in [0.05, 0.1) is 0 Å². The van der Waals surface area contributed by atoms with E-state index in [1.54, 1.807) is 13.2 Å². The van der Waals surface area contributed by atoms with Gasteiger partial charge >= 0.3 is 5.97 Å². The SMILES string of the molecule is COC(C(=O)OCc1ccccc1Cl)(c1ccccc1)c1cccc(CC(C)(C)c2ccccc2)c1. The van der Waals surface area contributed by atoms with Gasteiger partial charge in [0.15, 0.2) is 0 Å². The lowest BCUT2D eigenvalue weighted by molar-refractivity contribution is -0.166. The van der Waals surface area contributed by atoms with E-state index in [1.165, 1.54) is 5.56 Å². The van der Waals surface area contributed by atoms with Crippen molar-refractivity contribution in [2.24, 2.45) is 0 Å². The van der Waals surface area contributed by atoms with Crippen LogP contribution in [0.3, 0.4) is 0 Å². The Morgan fingerprint density at radius 3 is 1.97 bits per heavy atom. The predicted octanol–water partition coefficient (Wildman–Crippen LogP) is 7.49. The van der Waals surface area contributed by atoms with Gasteiger partial charge in [0.25, 0.3) is 0 Å². The van der Waals surface area contributed by atoms with E-state index in [1.807, 2.05) is 66.7 Å². The van der Waals surface area contributed by atoms with Crippen LogP contribution in [-0.4, -0.2) is 13.1 Å². The van der Waals surface area contributed by atoms with Crippen LogP contribution in [0.1, 0.15) is 41.7 Å².